The maximum Gasteiger partial charge on any atom is 0.267 e. The van der Waals surface area contributed by atoms with Gasteiger partial charge in [-0.2, -0.15) is 10.1 Å². The minimum Gasteiger partial charge on any atom is -0.339 e. The van der Waals surface area contributed by atoms with Gasteiger partial charge in [-0.1, -0.05) is 29.4 Å². The Morgan fingerprint density at radius 2 is 2.04 bits per heavy atom. The van der Waals surface area contributed by atoms with Gasteiger partial charge in [0.1, 0.15) is 6.54 Å². The van der Waals surface area contributed by atoms with Gasteiger partial charge in [0, 0.05) is 18.0 Å². The minimum atomic E-state index is -0.349. The Morgan fingerprint density at radius 3 is 2.86 bits per heavy atom. The van der Waals surface area contributed by atoms with Gasteiger partial charge in [0.15, 0.2) is 0 Å². The zero-order valence-corrected chi connectivity index (χ0v) is 15.4. The number of benzene rings is 1. The van der Waals surface area contributed by atoms with Crippen LogP contribution >= 0.6 is 11.3 Å². The van der Waals surface area contributed by atoms with E-state index in [9.17, 15) is 9.59 Å². The average Bonchev–Trinajstić information content (AvgIpc) is 3.37. The molecule has 0 radical (unpaired) electrons. The number of carbonyl (C=O) groups excluding carboxylic acids is 1. The van der Waals surface area contributed by atoms with Crippen molar-refractivity contribution < 1.29 is 9.32 Å². The molecule has 140 valence electrons. The number of carbonyl (C=O) groups is 1. The van der Waals surface area contributed by atoms with E-state index in [1.54, 1.807) is 6.07 Å². The van der Waals surface area contributed by atoms with E-state index in [1.807, 2.05) is 35.7 Å². The van der Waals surface area contributed by atoms with Crippen molar-refractivity contribution in [3.8, 4) is 10.7 Å². The monoisotopic (exact) mass is 393 g/mol. The molecule has 0 aliphatic heterocycles. The molecule has 0 atom stereocenters. The number of aromatic nitrogens is 4. The van der Waals surface area contributed by atoms with Crippen LogP contribution in [0.3, 0.4) is 0 Å². The van der Waals surface area contributed by atoms with Gasteiger partial charge in [0.2, 0.25) is 17.6 Å². The van der Waals surface area contributed by atoms with E-state index in [1.165, 1.54) is 29.7 Å². The number of amides is 1. The van der Waals surface area contributed by atoms with Gasteiger partial charge in [-0.05, 0) is 29.1 Å². The maximum absolute atomic E-state index is 12.3. The fraction of sp³-hybridized carbons (Fsp3) is 0.105. The zero-order chi connectivity index (χ0) is 19.3. The second-order valence-corrected chi connectivity index (χ2v) is 6.84. The molecule has 28 heavy (non-hydrogen) atoms. The van der Waals surface area contributed by atoms with Gasteiger partial charge in [0.05, 0.1) is 11.3 Å². The normalized spacial score (nSPS) is 10.7. The second-order valence-electron chi connectivity index (χ2n) is 5.89. The first kappa shape index (κ1) is 17.8. The molecular weight excluding hydrogens is 378 g/mol. The van der Waals surface area contributed by atoms with Gasteiger partial charge in [-0.3, -0.25) is 9.59 Å². The third-order valence-electron chi connectivity index (χ3n) is 3.92. The van der Waals surface area contributed by atoms with Crippen LogP contribution in [-0.2, 0) is 17.8 Å². The predicted molar refractivity (Wildman–Crippen MR) is 104 cm³/mol. The summed E-state index contributed by atoms with van der Waals surface area (Å²) in [6.45, 7) is -0.170. The standard InChI is InChI=1S/C19H15N5O3S/c25-16(12-24-18(26)8-3-9-20-24)21-14-6-2-1-5-13(14)11-17-22-19(23-27-17)15-7-4-10-28-15/h1-10H,11-12H2,(H,21,25). The molecule has 1 aromatic carbocycles. The van der Waals surface area contributed by atoms with Crippen LogP contribution in [0.15, 0.2) is 69.4 Å². The summed E-state index contributed by atoms with van der Waals surface area (Å²) in [5, 5.41) is 12.7. The lowest BCUT2D eigenvalue weighted by Crippen LogP contribution is -2.28. The molecule has 0 spiro atoms. The van der Waals surface area contributed by atoms with Crippen LogP contribution in [0, 0.1) is 0 Å². The Balaban J connectivity index is 1.49. The Bertz CT molecular complexity index is 1150. The molecule has 0 bridgehead atoms. The summed E-state index contributed by atoms with van der Waals surface area (Å²) in [6.07, 6.45) is 1.84. The Labute approximate surface area is 163 Å². The summed E-state index contributed by atoms with van der Waals surface area (Å²) in [5.41, 5.74) is 1.11. The van der Waals surface area contributed by atoms with Crippen molar-refractivity contribution in [1.82, 2.24) is 19.9 Å². The van der Waals surface area contributed by atoms with Crippen LogP contribution in [0.4, 0.5) is 5.69 Å². The highest BCUT2D eigenvalue weighted by Crippen LogP contribution is 2.23. The highest BCUT2D eigenvalue weighted by molar-refractivity contribution is 7.13. The van der Waals surface area contributed by atoms with E-state index >= 15 is 0 Å². The van der Waals surface area contributed by atoms with E-state index in [2.05, 4.69) is 20.6 Å². The Morgan fingerprint density at radius 1 is 1.14 bits per heavy atom. The lowest BCUT2D eigenvalue weighted by atomic mass is 10.1. The number of thiophene rings is 1. The molecule has 1 N–H and O–H groups in total. The van der Waals surface area contributed by atoms with Crippen molar-refractivity contribution in [3.05, 3.63) is 81.9 Å². The molecule has 3 aromatic heterocycles. The Hall–Kier alpha value is -3.59. The summed E-state index contributed by atoms with van der Waals surface area (Å²) >= 11 is 1.53. The first-order chi connectivity index (χ1) is 13.7. The van der Waals surface area contributed by atoms with Crippen molar-refractivity contribution in [3.63, 3.8) is 0 Å². The third-order valence-corrected chi connectivity index (χ3v) is 4.79. The van der Waals surface area contributed by atoms with Gasteiger partial charge < -0.3 is 9.84 Å². The smallest absolute Gasteiger partial charge is 0.267 e. The first-order valence-corrected chi connectivity index (χ1v) is 9.33. The molecule has 0 fully saturated rings. The summed E-state index contributed by atoms with van der Waals surface area (Å²) in [5.74, 6) is 0.644. The number of hydrogen-bond acceptors (Lipinski definition) is 7. The minimum absolute atomic E-state index is 0.170. The maximum atomic E-state index is 12.3. The van der Waals surface area contributed by atoms with Crippen LogP contribution in [0.25, 0.3) is 10.7 Å². The third kappa shape index (κ3) is 4.04. The van der Waals surface area contributed by atoms with Crippen molar-refractivity contribution in [2.45, 2.75) is 13.0 Å². The number of rotatable bonds is 6. The number of nitrogens with one attached hydrogen (secondary N) is 1. The molecule has 8 nitrogen and oxygen atoms in total. The van der Waals surface area contributed by atoms with Gasteiger partial charge in [-0.25, -0.2) is 4.68 Å². The van der Waals surface area contributed by atoms with E-state index in [0.29, 0.717) is 23.8 Å². The van der Waals surface area contributed by atoms with Crippen molar-refractivity contribution in [2.75, 3.05) is 5.32 Å². The van der Waals surface area contributed by atoms with Crippen LogP contribution in [-0.4, -0.2) is 25.8 Å². The fourth-order valence-electron chi connectivity index (χ4n) is 2.62. The largest absolute Gasteiger partial charge is 0.339 e. The first-order valence-electron chi connectivity index (χ1n) is 8.45. The zero-order valence-electron chi connectivity index (χ0n) is 14.6. The summed E-state index contributed by atoms with van der Waals surface area (Å²) < 4.78 is 6.44. The highest BCUT2D eigenvalue weighted by Gasteiger charge is 2.13. The number of hydrogen-bond donors (Lipinski definition) is 1. The molecule has 0 aliphatic carbocycles. The van der Waals surface area contributed by atoms with Crippen molar-refractivity contribution >= 4 is 22.9 Å². The predicted octanol–water partition coefficient (Wildman–Crippen LogP) is 2.58. The lowest BCUT2D eigenvalue weighted by Gasteiger charge is -2.10. The summed E-state index contributed by atoms with van der Waals surface area (Å²) in [4.78, 5) is 29.4. The van der Waals surface area contributed by atoms with E-state index < -0.39 is 0 Å². The highest BCUT2D eigenvalue weighted by atomic mass is 32.1. The lowest BCUT2D eigenvalue weighted by molar-refractivity contribution is -0.117. The second kappa shape index (κ2) is 7.97. The molecule has 0 unspecified atom stereocenters. The number of nitrogens with zero attached hydrogens (tertiary/aromatic N) is 4. The fourth-order valence-corrected chi connectivity index (χ4v) is 3.27. The van der Waals surface area contributed by atoms with Crippen LogP contribution in [0.1, 0.15) is 11.5 Å². The van der Waals surface area contributed by atoms with E-state index in [0.717, 1.165) is 15.1 Å². The summed E-state index contributed by atoms with van der Waals surface area (Å²) in [7, 11) is 0. The molecule has 9 heteroatoms. The van der Waals surface area contributed by atoms with Gasteiger partial charge in [0.25, 0.3) is 5.56 Å². The SMILES string of the molecule is O=C(Cn1ncccc1=O)Nc1ccccc1Cc1nc(-c2cccs2)no1. The topological polar surface area (TPSA) is 103 Å². The molecule has 3 heterocycles. The quantitative estimate of drug-likeness (QED) is 0.540. The molecule has 4 rings (SSSR count). The molecule has 0 saturated carbocycles. The molecule has 4 aromatic rings. The molecular formula is C19H15N5O3S. The van der Waals surface area contributed by atoms with Crippen LogP contribution < -0.4 is 10.9 Å². The molecule has 0 saturated heterocycles. The van der Waals surface area contributed by atoms with E-state index in [4.69, 9.17) is 4.52 Å². The van der Waals surface area contributed by atoms with Crippen molar-refractivity contribution in [2.24, 2.45) is 0 Å². The number of para-hydroxylation sites is 1. The Kier molecular flexibility index (Phi) is 5.07. The van der Waals surface area contributed by atoms with Crippen molar-refractivity contribution in [1.29, 1.82) is 0 Å². The molecule has 1 amide bonds. The number of anilines is 1. The van der Waals surface area contributed by atoms with E-state index in [-0.39, 0.29) is 18.0 Å². The molecule has 0 aliphatic rings. The van der Waals surface area contributed by atoms with Crippen LogP contribution in [0.2, 0.25) is 0 Å². The van der Waals surface area contributed by atoms with Crippen LogP contribution in [0.5, 0.6) is 0 Å². The average molecular weight is 393 g/mol. The summed E-state index contributed by atoms with van der Waals surface area (Å²) in [6, 6.07) is 14.1. The van der Waals surface area contributed by atoms with Gasteiger partial charge >= 0.3 is 0 Å². The van der Waals surface area contributed by atoms with Gasteiger partial charge in [-0.15, -0.1) is 11.3 Å².